The van der Waals surface area contributed by atoms with Crippen LogP contribution < -0.4 is 10.5 Å². The van der Waals surface area contributed by atoms with Crippen LogP contribution in [0.4, 0.5) is 13.2 Å². The molecule has 0 fully saturated rings. The lowest BCUT2D eigenvalue weighted by atomic mass is 10.1. The zero-order chi connectivity index (χ0) is 13.6. The van der Waals surface area contributed by atoms with Crippen LogP contribution in [0, 0.1) is 0 Å². The van der Waals surface area contributed by atoms with Gasteiger partial charge in [-0.05, 0) is 24.1 Å². The molecular formula is C13H18F3NO. The summed E-state index contributed by atoms with van der Waals surface area (Å²) in [6, 6.07) is 3.81. The maximum atomic E-state index is 12.4. The number of rotatable bonds is 6. The van der Waals surface area contributed by atoms with Crippen LogP contribution in [0.3, 0.4) is 0 Å². The van der Waals surface area contributed by atoms with Crippen molar-refractivity contribution in [1.82, 2.24) is 0 Å². The molecule has 0 aliphatic heterocycles. The summed E-state index contributed by atoms with van der Waals surface area (Å²) in [7, 11) is 0. The molecular weight excluding hydrogens is 243 g/mol. The van der Waals surface area contributed by atoms with Crippen molar-refractivity contribution < 1.29 is 17.9 Å². The van der Waals surface area contributed by atoms with E-state index in [1.165, 1.54) is 24.3 Å². The third-order valence-corrected chi connectivity index (χ3v) is 2.61. The summed E-state index contributed by atoms with van der Waals surface area (Å²) in [4.78, 5) is 0. The highest BCUT2D eigenvalue weighted by Crippen LogP contribution is 2.31. The van der Waals surface area contributed by atoms with Gasteiger partial charge in [-0.3, -0.25) is 0 Å². The Morgan fingerprint density at radius 3 is 2.28 bits per heavy atom. The van der Waals surface area contributed by atoms with E-state index in [2.05, 4.69) is 6.92 Å². The summed E-state index contributed by atoms with van der Waals surface area (Å²) in [5, 5.41) is 0. The van der Waals surface area contributed by atoms with E-state index in [0.717, 1.165) is 19.3 Å². The Kier molecular flexibility index (Phi) is 5.47. The molecule has 0 spiro atoms. The molecule has 0 bridgehead atoms. The smallest absolute Gasteiger partial charge is 0.407 e. The van der Waals surface area contributed by atoms with E-state index < -0.39 is 12.2 Å². The molecule has 5 heteroatoms. The fraction of sp³-hybridized carbons (Fsp3) is 0.538. The minimum Gasteiger partial charge on any atom is -0.494 e. The zero-order valence-corrected chi connectivity index (χ0v) is 10.3. The van der Waals surface area contributed by atoms with Gasteiger partial charge in [-0.15, -0.1) is 0 Å². The number of unbranched alkanes of at least 4 members (excludes halogenated alkanes) is 2. The van der Waals surface area contributed by atoms with Crippen LogP contribution in [0.15, 0.2) is 24.3 Å². The van der Waals surface area contributed by atoms with Gasteiger partial charge in [-0.2, -0.15) is 13.2 Å². The van der Waals surface area contributed by atoms with E-state index in [0.29, 0.717) is 12.4 Å². The first-order valence-electron chi connectivity index (χ1n) is 6.00. The van der Waals surface area contributed by atoms with E-state index >= 15 is 0 Å². The minimum atomic E-state index is -4.41. The van der Waals surface area contributed by atoms with E-state index in [9.17, 15) is 13.2 Å². The quantitative estimate of drug-likeness (QED) is 0.790. The maximum absolute atomic E-state index is 12.4. The molecule has 2 nitrogen and oxygen atoms in total. The summed E-state index contributed by atoms with van der Waals surface area (Å²) < 4.78 is 42.5. The molecule has 1 aromatic rings. The summed E-state index contributed by atoms with van der Waals surface area (Å²) >= 11 is 0. The summed E-state index contributed by atoms with van der Waals surface area (Å²) in [5.41, 5.74) is 5.14. The van der Waals surface area contributed by atoms with Gasteiger partial charge in [0, 0.05) is 0 Å². The van der Waals surface area contributed by atoms with Crippen molar-refractivity contribution >= 4 is 0 Å². The molecule has 0 heterocycles. The van der Waals surface area contributed by atoms with Crippen molar-refractivity contribution in [2.75, 3.05) is 6.61 Å². The van der Waals surface area contributed by atoms with Gasteiger partial charge in [0.25, 0.3) is 0 Å². The number of hydrogen-bond acceptors (Lipinski definition) is 2. The highest BCUT2D eigenvalue weighted by molar-refractivity contribution is 5.29. The first-order chi connectivity index (χ1) is 8.45. The zero-order valence-electron chi connectivity index (χ0n) is 10.3. The van der Waals surface area contributed by atoms with Gasteiger partial charge in [0.1, 0.15) is 11.8 Å². The largest absolute Gasteiger partial charge is 0.494 e. The first kappa shape index (κ1) is 14.8. The van der Waals surface area contributed by atoms with Crippen LogP contribution in [-0.2, 0) is 0 Å². The van der Waals surface area contributed by atoms with Crippen LogP contribution in [0.25, 0.3) is 0 Å². The van der Waals surface area contributed by atoms with Gasteiger partial charge in [0.05, 0.1) is 6.61 Å². The second-order valence-electron chi connectivity index (χ2n) is 4.14. The second kappa shape index (κ2) is 6.64. The number of hydrogen-bond donors (Lipinski definition) is 1. The van der Waals surface area contributed by atoms with Gasteiger partial charge in [-0.1, -0.05) is 31.9 Å². The van der Waals surface area contributed by atoms with Crippen LogP contribution in [0.1, 0.15) is 37.8 Å². The molecule has 0 amide bonds. The van der Waals surface area contributed by atoms with Crippen molar-refractivity contribution in [3.05, 3.63) is 29.8 Å². The molecule has 0 radical (unpaired) electrons. The molecule has 0 unspecified atom stereocenters. The SMILES string of the molecule is CCCCCOc1ccc([C@@H](N)C(F)(F)F)cc1. The van der Waals surface area contributed by atoms with Crippen molar-refractivity contribution in [3.8, 4) is 5.75 Å². The number of nitrogens with two attached hydrogens (primary N) is 1. The Morgan fingerprint density at radius 2 is 1.78 bits per heavy atom. The lowest BCUT2D eigenvalue weighted by Gasteiger charge is -2.16. The molecule has 1 rings (SSSR count). The predicted molar refractivity (Wildman–Crippen MR) is 64.4 cm³/mol. The van der Waals surface area contributed by atoms with Crippen molar-refractivity contribution in [2.24, 2.45) is 5.73 Å². The predicted octanol–water partition coefficient (Wildman–Crippen LogP) is 3.82. The van der Waals surface area contributed by atoms with Crippen LogP contribution in [-0.4, -0.2) is 12.8 Å². The molecule has 0 aromatic heterocycles. The monoisotopic (exact) mass is 261 g/mol. The number of halogens is 3. The topological polar surface area (TPSA) is 35.2 Å². The average Bonchev–Trinajstić information content (AvgIpc) is 2.33. The summed E-state index contributed by atoms with van der Waals surface area (Å²) in [6.45, 7) is 2.67. The molecule has 1 aromatic carbocycles. The minimum absolute atomic E-state index is 0.0448. The maximum Gasteiger partial charge on any atom is 0.407 e. The fourth-order valence-corrected chi connectivity index (χ4v) is 1.50. The lowest BCUT2D eigenvalue weighted by molar-refractivity contribution is -0.149. The first-order valence-corrected chi connectivity index (χ1v) is 6.00. The second-order valence-corrected chi connectivity index (χ2v) is 4.14. The summed E-state index contributed by atoms with van der Waals surface area (Å²) in [5.74, 6) is 0.573. The summed E-state index contributed by atoms with van der Waals surface area (Å²) in [6.07, 6.45) is -1.29. The average molecular weight is 261 g/mol. The van der Waals surface area contributed by atoms with E-state index in [4.69, 9.17) is 10.5 Å². The lowest BCUT2D eigenvalue weighted by Crippen LogP contribution is -2.28. The molecule has 102 valence electrons. The Morgan fingerprint density at radius 1 is 1.17 bits per heavy atom. The van der Waals surface area contributed by atoms with Crippen LogP contribution in [0.5, 0.6) is 5.75 Å². The van der Waals surface area contributed by atoms with Crippen molar-refractivity contribution in [3.63, 3.8) is 0 Å². The molecule has 0 saturated heterocycles. The highest BCUT2D eigenvalue weighted by Gasteiger charge is 2.37. The molecule has 18 heavy (non-hydrogen) atoms. The van der Waals surface area contributed by atoms with Crippen molar-refractivity contribution in [2.45, 2.75) is 38.4 Å². The Bertz CT molecular complexity index is 348. The molecule has 0 aliphatic rings. The molecule has 2 N–H and O–H groups in total. The van der Waals surface area contributed by atoms with Gasteiger partial charge < -0.3 is 10.5 Å². The Balaban J connectivity index is 2.52. The van der Waals surface area contributed by atoms with Gasteiger partial charge in [-0.25, -0.2) is 0 Å². The molecule has 1 atom stereocenters. The Labute approximate surface area is 105 Å². The fourth-order valence-electron chi connectivity index (χ4n) is 1.50. The van der Waals surface area contributed by atoms with Crippen LogP contribution >= 0.6 is 0 Å². The molecule has 0 saturated carbocycles. The van der Waals surface area contributed by atoms with Crippen LogP contribution in [0.2, 0.25) is 0 Å². The van der Waals surface area contributed by atoms with Gasteiger partial charge >= 0.3 is 6.18 Å². The standard InChI is InChI=1S/C13H18F3NO/c1-2-3-4-9-18-11-7-5-10(6-8-11)12(17)13(14,15)16/h5-8,12H,2-4,9,17H2,1H3/t12-/m1/s1. The Hall–Kier alpha value is -1.23. The third kappa shape index (κ3) is 4.56. The molecule has 0 aliphatic carbocycles. The van der Waals surface area contributed by atoms with E-state index in [-0.39, 0.29) is 5.56 Å². The van der Waals surface area contributed by atoms with Gasteiger partial charge in [0.15, 0.2) is 0 Å². The van der Waals surface area contributed by atoms with E-state index in [1.807, 2.05) is 0 Å². The normalized spacial score (nSPS) is 13.4. The van der Waals surface area contributed by atoms with E-state index in [1.54, 1.807) is 0 Å². The number of benzene rings is 1. The van der Waals surface area contributed by atoms with Crippen molar-refractivity contribution in [1.29, 1.82) is 0 Å². The number of ether oxygens (including phenoxy) is 1. The van der Waals surface area contributed by atoms with Gasteiger partial charge in [0.2, 0.25) is 0 Å². The third-order valence-electron chi connectivity index (χ3n) is 2.61. The number of alkyl halides is 3. The highest BCUT2D eigenvalue weighted by atomic mass is 19.4.